The number of rotatable bonds is 5. The van der Waals surface area contributed by atoms with Gasteiger partial charge in [0.05, 0.1) is 19.7 Å². The summed E-state index contributed by atoms with van der Waals surface area (Å²) >= 11 is 6.72. The van der Waals surface area contributed by atoms with Crippen molar-refractivity contribution >= 4 is 23.4 Å². The van der Waals surface area contributed by atoms with E-state index in [-0.39, 0.29) is 16.8 Å². The maximum Gasteiger partial charge on any atom is 0.385 e. The fraction of sp³-hybridized carbons (Fsp3) is 0.259. The molecular weight excluding hydrogens is 454 g/mol. The standard InChI is InChI=1S/C27H26ClNO5/c1-29-14-13-17-9-11-20(32-2)16-21(17)24-19(15-23(29)28)10-12-22(33-3)26(24)34-27(31)25(30)18-7-5-4-6-8-18/h4-12,16,23H,13-15H2,1-3H3/t23-/m0/s1. The van der Waals surface area contributed by atoms with Gasteiger partial charge in [-0.25, -0.2) is 4.79 Å². The molecule has 0 amide bonds. The van der Waals surface area contributed by atoms with Gasteiger partial charge in [0, 0.05) is 24.1 Å². The molecule has 0 spiro atoms. The Balaban J connectivity index is 1.89. The minimum absolute atomic E-state index is 0.192. The molecule has 176 valence electrons. The number of ketones is 1. The van der Waals surface area contributed by atoms with Gasteiger partial charge in [0.1, 0.15) is 5.75 Å². The summed E-state index contributed by atoms with van der Waals surface area (Å²) in [7, 11) is 5.08. The fourth-order valence-electron chi connectivity index (χ4n) is 4.09. The lowest BCUT2D eigenvalue weighted by Crippen LogP contribution is -2.30. The lowest BCUT2D eigenvalue weighted by molar-refractivity contribution is -0.129. The number of methoxy groups -OCH3 is 2. The van der Waals surface area contributed by atoms with Crippen molar-refractivity contribution < 1.29 is 23.8 Å². The van der Waals surface area contributed by atoms with Crippen LogP contribution in [-0.2, 0) is 17.6 Å². The zero-order valence-electron chi connectivity index (χ0n) is 19.3. The van der Waals surface area contributed by atoms with E-state index in [2.05, 4.69) is 4.90 Å². The first-order chi connectivity index (χ1) is 16.4. The predicted molar refractivity (Wildman–Crippen MR) is 131 cm³/mol. The molecule has 1 atom stereocenters. The Kier molecular flexibility index (Phi) is 7.20. The molecule has 0 radical (unpaired) electrons. The van der Waals surface area contributed by atoms with Crippen LogP contribution in [0.3, 0.4) is 0 Å². The lowest BCUT2D eigenvalue weighted by atomic mass is 9.91. The van der Waals surface area contributed by atoms with Crippen molar-refractivity contribution in [2.24, 2.45) is 0 Å². The van der Waals surface area contributed by atoms with Gasteiger partial charge in [-0.3, -0.25) is 9.69 Å². The molecule has 1 aliphatic rings. The average Bonchev–Trinajstić information content (AvgIpc) is 2.91. The Morgan fingerprint density at radius 1 is 0.971 bits per heavy atom. The second kappa shape index (κ2) is 10.3. The molecule has 0 aromatic heterocycles. The van der Waals surface area contributed by atoms with Crippen LogP contribution in [0.5, 0.6) is 17.2 Å². The number of hydrogen-bond donors (Lipinski definition) is 0. The van der Waals surface area contributed by atoms with E-state index in [0.29, 0.717) is 23.5 Å². The normalized spacial score (nSPS) is 15.7. The number of Topliss-reactive ketones (excluding diaryl/α,β-unsaturated/α-hetero) is 1. The minimum Gasteiger partial charge on any atom is -0.497 e. The van der Waals surface area contributed by atoms with E-state index in [1.165, 1.54) is 7.11 Å². The van der Waals surface area contributed by atoms with Crippen molar-refractivity contribution in [3.8, 4) is 28.4 Å². The van der Waals surface area contributed by atoms with Crippen LogP contribution in [0.1, 0.15) is 21.5 Å². The third-order valence-electron chi connectivity index (χ3n) is 6.03. The second-order valence-electron chi connectivity index (χ2n) is 8.11. The Hall–Kier alpha value is -3.35. The van der Waals surface area contributed by atoms with E-state index in [1.54, 1.807) is 43.5 Å². The summed E-state index contributed by atoms with van der Waals surface area (Å²) in [6.07, 6.45) is 1.23. The van der Waals surface area contributed by atoms with Crippen LogP contribution in [0.15, 0.2) is 60.7 Å². The summed E-state index contributed by atoms with van der Waals surface area (Å²) in [4.78, 5) is 27.8. The van der Waals surface area contributed by atoms with E-state index in [4.69, 9.17) is 25.8 Å². The number of esters is 1. The topological polar surface area (TPSA) is 65.1 Å². The molecule has 3 aromatic rings. The fourth-order valence-corrected chi connectivity index (χ4v) is 4.35. The summed E-state index contributed by atoms with van der Waals surface area (Å²) < 4.78 is 16.8. The highest BCUT2D eigenvalue weighted by Gasteiger charge is 2.28. The van der Waals surface area contributed by atoms with Gasteiger partial charge >= 0.3 is 5.97 Å². The smallest absolute Gasteiger partial charge is 0.385 e. The van der Waals surface area contributed by atoms with Gasteiger partial charge in [0.2, 0.25) is 0 Å². The van der Waals surface area contributed by atoms with Crippen molar-refractivity contribution in [3.63, 3.8) is 0 Å². The highest BCUT2D eigenvalue weighted by molar-refractivity contribution is 6.41. The van der Waals surface area contributed by atoms with Gasteiger partial charge in [-0.05, 0) is 48.4 Å². The number of nitrogens with zero attached hydrogens (tertiary/aromatic N) is 1. The van der Waals surface area contributed by atoms with Crippen LogP contribution in [0.2, 0.25) is 0 Å². The molecule has 3 aromatic carbocycles. The molecule has 0 fully saturated rings. The number of carbonyl (C=O) groups is 2. The second-order valence-corrected chi connectivity index (χ2v) is 8.61. The van der Waals surface area contributed by atoms with Crippen molar-refractivity contribution in [2.75, 3.05) is 27.8 Å². The summed E-state index contributed by atoms with van der Waals surface area (Å²) in [6.45, 7) is 0.750. The third-order valence-corrected chi connectivity index (χ3v) is 6.52. The van der Waals surface area contributed by atoms with Gasteiger partial charge in [-0.1, -0.05) is 42.5 Å². The van der Waals surface area contributed by atoms with Crippen LogP contribution < -0.4 is 14.2 Å². The first-order valence-electron chi connectivity index (χ1n) is 11.0. The number of alkyl halides is 1. The maximum atomic E-state index is 13.0. The van der Waals surface area contributed by atoms with Crippen molar-refractivity contribution in [3.05, 3.63) is 77.4 Å². The molecule has 4 rings (SSSR count). The quantitative estimate of drug-likeness (QED) is 0.131. The highest BCUT2D eigenvalue weighted by atomic mass is 35.5. The summed E-state index contributed by atoms with van der Waals surface area (Å²) in [5, 5.41) is 0. The summed E-state index contributed by atoms with van der Waals surface area (Å²) in [5.41, 5.74) is 3.42. The van der Waals surface area contributed by atoms with E-state index in [0.717, 1.165) is 29.7 Å². The van der Waals surface area contributed by atoms with Gasteiger partial charge in [0.25, 0.3) is 5.78 Å². The number of benzene rings is 3. The highest BCUT2D eigenvalue weighted by Crippen LogP contribution is 2.45. The molecule has 0 aliphatic carbocycles. The molecule has 0 saturated heterocycles. The molecular formula is C27H26ClNO5. The first-order valence-corrected chi connectivity index (χ1v) is 11.4. The van der Waals surface area contributed by atoms with E-state index >= 15 is 0 Å². The largest absolute Gasteiger partial charge is 0.497 e. The van der Waals surface area contributed by atoms with Crippen LogP contribution in [0.4, 0.5) is 0 Å². The van der Waals surface area contributed by atoms with Crippen molar-refractivity contribution in [2.45, 2.75) is 18.3 Å². The van der Waals surface area contributed by atoms with Gasteiger partial charge in [-0.15, -0.1) is 11.6 Å². The van der Waals surface area contributed by atoms with Crippen LogP contribution in [-0.4, -0.2) is 50.0 Å². The number of ether oxygens (including phenoxy) is 3. The zero-order chi connectivity index (χ0) is 24.2. The molecule has 6 nitrogen and oxygen atoms in total. The average molecular weight is 480 g/mol. The maximum absolute atomic E-state index is 13.0. The molecule has 7 heteroatoms. The number of hydrogen-bond acceptors (Lipinski definition) is 6. The monoisotopic (exact) mass is 479 g/mol. The molecule has 0 unspecified atom stereocenters. The molecule has 0 bridgehead atoms. The number of fused-ring (bicyclic) bond motifs is 3. The number of halogens is 1. The van der Waals surface area contributed by atoms with Gasteiger partial charge in [0.15, 0.2) is 11.5 Å². The van der Waals surface area contributed by atoms with Crippen LogP contribution >= 0.6 is 11.6 Å². The minimum atomic E-state index is -0.984. The Morgan fingerprint density at radius 3 is 2.41 bits per heavy atom. The molecule has 34 heavy (non-hydrogen) atoms. The molecule has 1 heterocycles. The Labute approximate surface area is 204 Å². The molecule has 0 saturated carbocycles. The third kappa shape index (κ3) is 4.79. The number of carbonyl (C=O) groups excluding carboxylic acids is 2. The Bertz CT molecular complexity index is 1210. The summed E-state index contributed by atoms with van der Waals surface area (Å²) in [5.74, 6) is -0.510. The SMILES string of the molecule is COc1ccc2c(c1)-c1c(ccc(OC)c1OC(=O)C(=O)c1ccccc1)C[C@@H](Cl)N(C)CC2. The predicted octanol–water partition coefficient (Wildman–Crippen LogP) is 4.75. The van der Waals surface area contributed by atoms with Crippen LogP contribution in [0.25, 0.3) is 11.1 Å². The summed E-state index contributed by atoms with van der Waals surface area (Å²) in [6, 6.07) is 17.8. The molecule has 0 N–H and O–H groups in total. The molecule has 1 aliphatic heterocycles. The van der Waals surface area contributed by atoms with Gasteiger partial charge in [-0.2, -0.15) is 0 Å². The zero-order valence-corrected chi connectivity index (χ0v) is 20.1. The van der Waals surface area contributed by atoms with Crippen LogP contribution in [0, 0.1) is 0 Å². The first kappa shape index (κ1) is 23.8. The Morgan fingerprint density at radius 2 is 1.71 bits per heavy atom. The lowest BCUT2D eigenvalue weighted by Gasteiger charge is -2.22. The van der Waals surface area contributed by atoms with Crippen molar-refractivity contribution in [1.82, 2.24) is 4.90 Å². The van der Waals surface area contributed by atoms with E-state index in [9.17, 15) is 9.59 Å². The van der Waals surface area contributed by atoms with Crippen molar-refractivity contribution in [1.29, 1.82) is 0 Å². The van der Waals surface area contributed by atoms with E-state index in [1.807, 2.05) is 31.3 Å². The van der Waals surface area contributed by atoms with E-state index < -0.39 is 11.8 Å². The van der Waals surface area contributed by atoms with Gasteiger partial charge < -0.3 is 14.2 Å². The number of likely N-dealkylation sites (N-methyl/N-ethyl adjacent to an activating group) is 1.